The first-order chi connectivity index (χ1) is 11.0. The van der Waals surface area contributed by atoms with Crippen LogP contribution in [-0.2, 0) is 6.54 Å². The summed E-state index contributed by atoms with van der Waals surface area (Å²) >= 11 is 3.04. The largest absolute Gasteiger partial charge is 0.466 e. The van der Waals surface area contributed by atoms with Crippen molar-refractivity contribution in [3.05, 3.63) is 67.4 Å². The normalized spacial score (nSPS) is 12.3. The maximum absolute atomic E-state index is 12.2. The zero-order valence-corrected chi connectivity index (χ0v) is 14.5. The first kappa shape index (κ1) is 16.0. The highest BCUT2D eigenvalue weighted by Gasteiger charge is 2.16. The fraction of sp³-hybridized carbons (Fsp3) is 0.235. The van der Waals surface area contributed by atoms with E-state index in [0.29, 0.717) is 17.9 Å². The molecule has 0 fully saturated rings. The highest BCUT2D eigenvalue weighted by Crippen LogP contribution is 2.30. The second-order valence-electron chi connectivity index (χ2n) is 5.23. The summed E-state index contributed by atoms with van der Waals surface area (Å²) in [7, 11) is 0. The van der Waals surface area contributed by atoms with Crippen LogP contribution >= 0.6 is 22.7 Å². The van der Waals surface area contributed by atoms with Crippen molar-refractivity contribution in [1.82, 2.24) is 5.32 Å². The molecule has 1 unspecified atom stereocenters. The molecule has 0 bridgehead atoms. The van der Waals surface area contributed by atoms with Crippen LogP contribution in [0.15, 0.2) is 40.1 Å². The molecule has 4 nitrogen and oxygen atoms in total. The summed E-state index contributed by atoms with van der Waals surface area (Å²) in [6.45, 7) is 4.04. The third-order valence-corrected chi connectivity index (χ3v) is 5.54. The Balaban J connectivity index is 1.63. The zero-order chi connectivity index (χ0) is 16.4. The van der Waals surface area contributed by atoms with E-state index in [1.54, 1.807) is 13.0 Å². The van der Waals surface area contributed by atoms with Gasteiger partial charge >= 0.3 is 0 Å². The monoisotopic (exact) mass is 347 g/mol. The SMILES string of the molecule is Cc1cc(C(=O)NCc2ccc(C(O)c3cccs3)s2)c(C)o1. The van der Waals surface area contributed by atoms with Gasteiger partial charge in [0.05, 0.1) is 12.1 Å². The van der Waals surface area contributed by atoms with Crippen LogP contribution in [-0.4, -0.2) is 11.0 Å². The molecule has 0 saturated heterocycles. The second kappa shape index (κ2) is 6.70. The molecule has 0 radical (unpaired) electrons. The van der Waals surface area contributed by atoms with Crippen molar-refractivity contribution in [2.75, 3.05) is 0 Å². The molecule has 23 heavy (non-hydrogen) atoms. The molecule has 0 aliphatic rings. The van der Waals surface area contributed by atoms with Gasteiger partial charge in [-0.15, -0.1) is 22.7 Å². The predicted octanol–water partition coefficient (Wildman–Crippen LogP) is 4.03. The van der Waals surface area contributed by atoms with E-state index in [4.69, 9.17) is 4.42 Å². The molecule has 3 heterocycles. The lowest BCUT2D eigenvalue weighted by Gasteiger charge is -2.05. The number of aryl methyl sites for hydroxylation is 2. The van der Waals surface area contributed by atoms with Crippen molar-refractivity contribution < 1.29 is 14.3 Å². The number of hydrogen-bond acceptors (Lipinski definition) is 5. The van der Waals surface area contributed by atoms with E-state index in [2.05, 4.69) is 5.32 Å². The molecule has 0 spiro atoms. The number of aliphatic hydroxyl groups is 1. The lowest BCUT2D eigenvalue weighted by atomic mass is 10.2. The number of rotatable bonds is 5. The number of thiophene rings is 2. The van der Waals surface area contributed by atoms with Gasteiger partial charge in [0.25, 0.3) is 5.91 Å². The number of carbonyl (C=O) groups is 1. The van der Waals surface area contributed by atoms with Crippen LogP contribution in [0.25, 0.3) is 0 Å². The van der Waals surface area contributed by atoms with Gasteiger partial charge in [-0.05, 0) is 43.5 Å². The number of hydrogen-bond donors (Lipinski definition) is 2. The van der Waals surface area contributed by atoms with Crippen molar-refractivity contribution in [2.45, 2.75) is 26.5 Å². The van der Waals surface area contributed by atoms with Crippen molar-refractivity contribution in [3.8, 4) is 0 Å². The van der Waals surface area contributed by atoms with Gasteiger partial charge in [0, 0.05) is 14.6 Å². The number of nitrogens with one attached hydrogen (secondary N) is 1. The van der Waals surface area contributed by atoms with Gasteiger partial charge in [0.1, 0.15) is 17.6 Å². The predicted molar refractivity (Wildman–Crippen MR) is 92.1 cm³/mol. The summed E-state index contributed by atoms with van der Waals surface area (Å²) in [5, 5.41) is 15.1. The van der Waals surface area contributed by atoms with E-state index in [1.807, 2.05) is 36.6 Å². The van der Waals surface area contributed by atoms with Crippen LogP contribution in [0.5, 0.6) is 0 Å². The Morgan fingerprint density at radius 3 is 2.78 bits per heavy atom. The highest BCUT2D eigenvalue weighted by atomic mass is 32.1. The molecule has 0 aromatic carbocycles. The molecule has 3 aromatic rings. The summed E-state index contributed by atoms with van der Waals surface area (Å²) < 4.78 is 5.37. The minimum atomic E-state index is -0.594. The van der Waals surface area contributed by atoms with Gasteiger partial charge in [-0.1, -0.05) is 6.07 Å². The Bertz CT molecular complexity index is 802. The van der Waals surface area contributed by atoms with Crippen LogP contribution < -0.4 is 5.32 Å². The van der Waals surface area contributed by atoms with Gasteiger partial charge in [0.2, 0.25) is 0 Å². The smallest absolute Gasteiger partial charge is 0.255 e. The van der Waals surface area contributed by atoms with E-state index >= 15 is 0 Å². The minimum absolute atomic E-state index is 0.145. The summed E-state index contributed by atoms with van der Waals surface area (Å²) in [4.78, 5) is 15.0. The summed E-state index contributed by atoms with van der Waals surface area (Å²) in [5.74, 6) is 1.21. The third-order valence-electron chi connectivity index (χ3n) is 3.47. The maximum Gasteiger partial charge on any atom is 0.255 e. The Morgan fingerprint density at radius 1 is 1.30 bits per heavy atom. The Hall–Kier alpha value is -1.89. The van der Waals surface area contributed by atoms with E-state index in [9.17, 15) is 9.90 Å². The van der Waals surface area contributed by atoms with E-state index in [-0.39, 0.29) is 5.91 Å². The number of aliphatic hydroxyl groups excluding tert-OH is 1. The van der Waals surface area contributed by atoms with Gasteiger partial charge in [-0.3, -0.25) is 4.79 Å². The highest BCUT2D eigenvalue weighted by molar-refractivity contribution is 7.12. The average Bonchev–Trinajstić information content (AvgIpc) is 3.25. The molecular weight excluding hydrogens is 330 g/mol. The Labute approximate surface area is 142 Å². The quantitative estimate of drug-likeness (QED) is 0.732. The third kappa shape index (κ3) is 3.55. The fourth-order valence-corrected chi connectivity index (χ4v) is 4.10. The van der Waals surface area contributed by atoms with Crippen LogP contribution in [0, 0.1) is 13.8 Å². The minimum Gasteiger partial charge on any atom is -0.466 e. The van der Waals surface area contributed by atoms with Crippen LogP contribution in [0.4, 0.5) is 0 Å². The lowest BCUT2D eigenvalue weighted by Crippen LogP contribution is -2.22. The summed E-state index contributed by atoms with van der Waals surface area (Å²) in [6, 6.07) is 9.42. The fourth-order valence-electron chi connectivity index (χ4n) is 2.34. The molecule has 0 saturated carbocycles. The van der Waals surface area contributed by atoms with Crippen molar-refractivity contribution in [3.63, 3.8) is 0 Å². The molecule has 6 heteroatoms. The molecule has 0 aliphatic carbocycles. The first-order valence-electron chi connectivity index (χ1n) is 7.20. The summed E-state index contributed by atoms with van der Waals surface area (Å²) in [5.41, 5.74) is 0.567. The van der Waals surface area contributed by atoms with Gasteiger partial charge in [0.15, 0.2) is 0 Å². The van der Waals surface area contributed by atoms with E-state index < -0.39 is 6.10 Å². The standard InChI is InChI=1S/C17H17NO3S2/c1-10-8-13(11(2)21-10)17(20)18-9-12-5-6-15(23-12)16(19)14-4-3-7-22-14/h3-8,16,19H,9H2,1-2H3,(H,18,20). The van der Waals surface area contributed by atoms with E-state index in [0.717, 1.165) is 20.4 Å². The molecular formula is C17H17NO3S2. The van der Waals surface area contributed by atoms with Crippen LogP contribution in [0.3, 0.4) is 0 Å². The topological polar surface area (TPSA) is 62.5 Å². The van der Waals surface area contributed by atoms with Gasteiger partial charge < -0.3 is 14.8 Å². The number of furan rings is 1. The molecule has 1 atom stereocenters. The second-order valence-corrected chi connectivity index (χ2v) is 7.41. The number of amides is 1. The van der Waals surface area contributed by atoms with Crippen molar-refractivity contribution >= 4 is 28.6 Å². The van der Waals surface area contributed by atoms with Crippen LogP contribution in [0.1, 0.15) is 42.6 Å². The number of carbonyl (C=O) groups excluding carboxylic acids is 1. The zero-order valence-electron chi connectivity index (χ0n) is 12.8. The van der Waals surface area contributed by atoms with Gasteiger partial charge in [-0.25, -0.2) is 0 Å². The molecule has 2 N–H and O–H groups in total. The van der Waals surface area contributed by atoms with Crippen molar-refractivity contribution in [2.24, 2.45) is 0 Å². The maximum atomic E-state index is 12.2. The molecule has 3 rings (SSSR count). The molecule has 3 aromatic heterocycles. The lowest BCUT2D eigenvalue weighted by molar-refractivity contribution is 0.0950. The molecule has 120 valence electrons. The average molecular weight is 347 g/mol. The Morgan fingerprint density at radius 2 is 2.13 bits per heavy atom. The Kier molecular flexibility index (Phi) is 4.66. The van der Waals surface area contributed by atoms with E-state index in [1.165, 1.54) is 22.7 Å². The first-order valence-corrected chi connectivity index (χ1v) is 8.89. The molecule has 1 amide bonds. The van der Waals surface area contributed by atoms with Crippen molar-refractivity contribution in [1.29, 1.82) is 0 Å². The molecule has 0 aliphatic heterocycles. The van der Waals surface area contributed by atoms with Crippen LogP contribution in [0.2, 0.25) is 0 Å². The van der Waals surface area contributed by atoms with Gasteiger partial charge in [-0.2, -0.15) is 0 Å². The summed E-state index contributed by atoms with van der Waals surface area (Å²) in [6.07, 6.45) is -0.594.